The molecule has 0 fully saturated rings. The van der Waals surface area contributed by atoms with Crippen molar-refractivity contribution in [1.82, 2.24) is 4.31 Å². The highest BCUT2D eigenvalue weighted by Gasteiger charge is 2.23. The molecule has 2 aromatic rings. The molecule has 2 aromatic carbocycles. The lowest BCUT2D eigenvalue weighted by Gasteiger charge is -2.27. The van der Waals surface area contributed by atoms with Gasteiger partial charge in [-0.1, -0.05) is 12.1 Å². The Morgan fingerprint density at radius 2 is 1.80 bits per heavy atom. The Balaban J connectivity index is 1.80. The van der Waals surface area contributed by atoms with Crippen molar-refractivity contribution in [3.8, 4) is 0 Å². The van der Waals surface area contributed by atoms with E-state index in [2.05, 4.69) is 5.32 Å². The zero-order valence-corrected chi connectivity index (χ0v) is 15.5. The van der Waals surface area contributed by atoms with Gasteiger partial charge in [0.1, 0.15) is 0 Å². The second-order valence-corrected chi connectivity index (χ2v) is 8.57. The summed E-state index contributed by atoms with van der Waals surface area (Å²) in [7, 11) is -3.21. The Hall–Kier alpha value is -2.18. The van der Waals surface area contributed by atoms with E-state index >= 15 is 0 Å². The third kappa shape index (κ3) is 3.91. The molecule has 0 radical (unpaired) electrons. The van der Waals surface area contributed by atoms with Gasteiger partial charge in [-0.25, -0.2) is 8.42 Å². The SMILES string of the molecule is Cc1ccc(C(=O)Nc2ccc3c(c2)CN(S(C)(=O)=O)CC3)cc1C. The molecule has 25 heavy (non-hydrogen) atoms. The number of aryl methyl sites for hydroxylation is 2. The second-order valence-electron chi connectivity index (χ2n) is 6.58. The van der Waals surface area contributed by atoms with E-state index in [1.807, 2.05) is 50.2 Å². The van der Waals surface area contributed by atoms with Crippen LogP contribution in [0.3, 0.4) is 0 Å². The van der Waals surface area contributed by atoms with Gasteiger partial charge in [-0.2, -0.15) is 4.31 Å². The van der Waals surface area contributed by atoms with Crippen molar-refractivity contribution in [2.24, 2.45) is 0 Å². The van der Waals surface area contributed by atoms with Crippen molar-refractivity contribution in [2.75, 3.05) is 18.1 Å². The van der Waals surface area contributed by atoms with E-state index in [9.17, 15) is 13.2 Å². The van der Waals surface area contributed by atoms with Crippen molar-refractivity contribution >= 4 is 21.6 Å². The summed E-state index contributed by atoms with van der Waals surface area (Å²) >= 11 is 0. The number of sulfonamides is 1. The molecule has 1 aliphatic rings. The second kappa shape index (κ2) is 6.61. The number of anilines is 1. The van der Waals surface area contributed by atoms with Crippen LogP contribution in [0.5, 0.6) is 0 Å². The smallest absolute Gasteiger partial charge is 0.255 e. The summed E-state index contributed by atoms with van der Waals surface area (Å²) in [6.07, 6.45) is 1.91. The molecule has 0 unspecified atom stereocenters. The quantitative estimate of drug-likeness (QED) is 0.917. The Bertz CT molecular complexity index is 936. The largest absolute Gasteiger partial charge is 0.322 e. The van der Waals surface area contributed by atoms with E-state index in [0.29, 0.717) is 30.8 Å². The van der Waals surface area contributed by atoms with Crippen LogP contribution in [0.2, 0.25) is 0 Å². The Morgan fingerprint density at radius 3 is 2.48 bits per heavy atom. The van der Waals surface area contributed by atoms with Crippen LogP contribution in [-0.4, -0.2) is 31.4 Å². The highest BCUT2D eigenvalue weighted by Crippen LogP contribution is 2.24. The van der Waals surface area contributed by atoms with Crippen LogP contribution in [0.25, 0.3) is 0 Å². The van der Waals surface area contributed by atoms with Crippen molar-refractivity contribution in [3.63, 3.8) is 0 Å². The van der Waals surface area contributed by atoms with Gasteiger partial charge in [0, 0.05) is 24.3 Å². The van der Waals surface area contributed by atoms with Gasteiger partial charge in [0.2, 0.25) is 10.0 Å². The Kier molecular flexibility index (Phi) is 4.67. The van der Waals surface area contributed by atoms with Crippen LogP contribution in [0.1, 0.15) is 32.6 Å². The monoisotopic (exact) mass is 358 g/mol. The molecule has 0 saturated carbocycles. The molecule has 6 heteroatoms. The van der Waals surface area contributed by atoms with Crippen molar-refractivity contribution in [2.45, 2.75) is 26.8 Å². The fraction of sp³-hybridized carbons (Fsp3) is 0.316. The lowest BCUT2D eigenvalue weighted by molar-refractivity contribution is 0.102. The van der Waals surface area contributed by atoms with Crippen LogP contribution in [0.4, 0.5) is 5.69 Å². The number of carbonyl (C=O) groups excluding carboxylic acids is 1. The van der Waals surface area contributed by atoms with E-state index in [4.69, 9.17) is 0 Å². The molecule has 0 spiro atoms. The number of carbonyl (C=O) groups is 1. The minimum absolute atomic E-state index is 0.168. The number of nitrogens with zero attached hydrogens (tertiary/aromatic N) is 1. The van der Waals surface area contributed by atoms with E-state index in [-0.39, 0.29) is 5.91 Å². The van der Waals surface area contributed by atoms with Crippen molar-refractivity contribution in [1.29, 1.82) is 0 Å². The number of benzene rings is 2. The van der Waals surface area contributed by atoms with Gasteiger partial charge in [0.05, 0.1) is 6.26 Å². The first-order valence-corrected chi connectivity index (χ1v) is 10.0. The molecular weight excluding hydrogens is 336 g/mol. The summed E-state index contributed by atoms with van der Waals surface area (Å²) in [6, 6.07) is 11.3. The van der Waals surface area contributed by atoms with E-state index in [0.717, 1.165) is 22.3 Å². The average molecular weight is 358 g/mol. The fourth-order valence-corrected chi connectivity index (χ4v) is 3.77. The van der Waals surface area contributed by atoms with Crippen LogP contribution < -0.4 is 5.32 Å². The fourth-order valence-electron chi connectivity index (χ4n) is 2.98. The zero-order valence-electron chi connectivity index (χ0n) is 14.7. The Labute approximate surface area is 148 Å². The first-order valence-electron chi connectivity index (χ1n) is 8.19. The van der Waals surface area contributed by atoms with Crippen molar-refractivity contribution < 1.29 is 13.2 Å². The normalized spacial score (nSPS) is 14.8. The zero-order chi connectivity index (χ0) is 18.2. The van der Waals surface area contributed by atoms with E-state index in [1.165, 1.54) is 10.6 Å². The molecule has 3 rings (SSSR count). The molecule has 5 nitrogen and oxygen atoms in total. The average Bonchev–Trinajstić information content (AvgIpc) is 2.55. The van der Waals surface area contributed by atoms with Gasteiger partial charge in [0.15, 0.2) is 0 Å². The number of hydrogen-bond acceptors (Lipinski definition) is 3. The molecule has 132 valence electrons. The Morgan fingerprint density at radius 1 is 1.04 bits per heavy atom. The molecule has 0 atom stereocenters. The van der Waals surface area contributed by atoms with Gasteiger partial charge in [-0.05, 0) is 66.8 Å². The maximum Gasteiger partial charge on any atom is 0.255 e. The molecule has 1 amide bonds. The molecule has 1 heterocycles. The van der Waals surface area contributed by atoms with Gasteiger partial charge in [-0.15, -0.1) is 0 Å². The number of rotatable bonds is 3. The highest BCUT2D eigenvalue weighted by atomic mass is 32.2. The summed E-state index contributed by atoms with van der Waals surface area (Å²) < 4.78 is 25.0. The third-order valence-corrected chi connectivity index (χ3v) is 5.93. The van der Waals surface area contributed by atoms with Gasteiger partial charge < -0.3 is 5.32 Å². The first-order chi connectivity index (χ1) is 11.7. The van der Waals surface area contributed by atoms with Crippen LogP contribution >= 0.6 is 0 Å². The standard InChI is InChI=1S/C19H22N2O3S/c1-13-4-5-16(10-14(13)2)19(22)20-18-7-6-15-8-9-21(25(3,23)24)12-17(15)11-18/h4-7,10-11H,8-9,12H2,1-3H3,(H,20,22). The van der Waals surface area contributed by atoms with Crippen LogP contribution in [-0.2, 0) is 23.0 Å². The molecule has 1 N–H and O–H groups in total. The van der Waals surface area contributed by atoms with Crippen LogP contribution in [0, 0.1) is 13.8 Å². The molecule has 0 saturated heterocycles. The summed E-state index contributed by atoms with van der Waals surface area (Å²) in [5.41, 5.74) is 5.57. The lowest BCUT2D eigenvalue weighted by atomic mass is 10.0. The number of amides is 1. The van der Waals surface area contributed by atoms with E-state index in [1.54, 1.807) is 0 Å². The minimum atomic E-state index is -3.21. The third-order valence-electron chi connectivity index (χ3n) is 4.68. The van der Waals surface area contributed by atoms with Crippen molar-refractivity contribution in [3.05, 3.63) is 64.2 Å². The topological polar surface area (TPSA) is 66.5 Å². The maximum absolute atomic E-state index is 12.5. The summed E-state index contributed by atoms with van der Waals surface area (Å²) in [5.74, 6) is -0.168. The minimum Gasteiger partial charge on any atom is -0.322 e. The summed E-state index contributed by atoms with van der Waals surface area (Å²) in [6.45, 7) is 4.83. The number of hydrogen-bond donors (Lipinski definition) is 1. The molecule has 0 aliphatic carbocycles. The van der Waals surface area contributed by atoms with E-state index < -0.39 is 10.0 Å². The predicted molar refractivity (Wildman–Crippen MR) is 99.3 cm³/mol. The summed E-state index contributed by atoms with van der Waals surface area (Å²) in [4.78, 5) is 12.5. The molecular formula is C19H22N2O3S. The van der Waals surface area contributed by atoms with Gasteiger partial charge in [0.25, 0.3) is 5.91 Å². The number of fused-ring (bicyclic) bond motifs is 1. The predicted octanol–water partition coefficient (Wildman–Crippen LogP) is 2.87. The van der Waals surface area contributed by atoms with Crippen LogP contribution in [0.15, 0.2) is 36.4 Å². The molecule has 0 bridgehead atoms. The molecule has 0 aromatic heterocycles. The number of nitrogens with one attached hydrogen (secondary N) is 1. The highest BCUT2D eigenvalue weighted by molar-refractivity contribution is 7.88. The lowest BCUT2D eigenvalue weighted by Crippen LogP contribution is -2.35. The maximum atomic E-state index is 12.5. The summed E-state index contributed by atoms with van der Waals surface area (Å²) in [5, 5.41) is 2.90. The molecule has 1 aliphatic heterocycles. The van der Waals surface area contributed by atoms with Gasteiger partial charge in [-0.3, -0.25) is 4.79 Å². The van der Waals surface area contributed by atoms with Gasteiger partial charge >= 0.3 is 0 Å². The first kappa shape index (κ1) is 17.6.